The Kier molecular flexibility index (Phi) is 4.98. The first kappa shape index (κ1) is 16.4. The van der Waals surface area contributed by atoms with Gasteiger partial charge in [-0.15, -0.1) is 11.6 Å². The van der Waals surface area contributed by atoms with E-state index in [2.05, 4.69) is 4.72 Å². The molecule has 0 spiro atoms. The number of sulfonamides is 1. The lowest BCUT2D eigenvalue weighted by Gasteiger charge is -2.22. The molecule has 0 aliphatic carbocycles. The third-order valence-corrected chi connectivity index (χ3v) is 5.23. The number of nitrogens with one attached hydrogen (secondary N) is 1. The molecule has 0 atom stereocenters. The molecule has 1 rings (SSSR count). The van der Waals surface area contributed by atoms with Crippen molar-refractivity contribution in [2.45, 2.75) is 32.6 Å². The highest BCUT2D eigenvalue weighted by Gasteiger charge is 2.24. The lowest BCUT2D eigenvalue weighted by molar-refractivity contribution is 0.414. The summed E-state index contributed by atoms with van der Waals surface area (Å²) in [4.78, 5) is 0.138. The molecule has 0 aromatic heterocycles. The van der Waals surface area contributed by atoms with Crippen LogP contribution in [0.2, 0.25) is 0 Å². The maximum absolute atomic E-state index is 13.2. The van der Waals surface area contributed by atoms with Gasteiger partial charge in [0.15, 0.2) is 0 Å². The zero-order valence-electron chi connectivity index (χ0n) is 11.5. The minimum absolute atomic E-state index is 0.138. The Bertz CT molecular complexity index is 547. The fourth-order valence-corrected chi connectivity index (χ4v) is 3.52. The van der Waals surface area contributed by atoms with Crippen molar-refractivity contribution in [1.82, 2.24) is 4.72 Å². The third kappa shape index (κ3) is 4.16. The summed E-state index contributed by atoms with van der Waals surface area (Å²) in [6, 6.07) is 2.43. The number of rotatable bonds is 5. The number of benzene rings is 1. The van der Waals surface area contributed by atoms with E-state index in [1.165, 1.54) is 12.1 Å². The predicted molar refractivity (Wildman–Crippen MR) is 75.6 cm³/mol. The van der Waals surface area contributed by atoms with E-state index in [4.69, 9.17) is 11.6 Å². The molecule has 0 aliphatic heterocycles. The van der Waals surface area contributed by atoms with Crippen LogP contribution in [0.25, 0.3) is 0 Å². The van der Waals surface area contributed by atoms with Gasteiger partial charge >= 0.3 is 0 Å². The SMILES string of the molecule is Cc1cc(F)cc(C)c1S(=O)(=O)NCC(C)(C)CCl. The molecule has 0 amide bonds. The van der Waals surface area contributed by atoms with Crippen LogP contribution < -0.4 is 4.72 Å². The first-order chi connectivity index (χ1) is 8.59. The standard InChI is InChI=1S/C13H19ClFNO2S/c1-9-5-11(15)6-10(2)12(9)19(17,18)16-8-13(3,4)7-14/h5-6,16H,7-8H2,1-4H3. The largest absolute Gasteiger partial charge is 0.241 e. The molecule has 6 heteroatoms. The van der Waals surface area contributed by atoms with Crippen LogP contribution in [0.15, 0.2) is 17.0 Å². The second-order valence-corrected chi connectivity index (χ2v) is 7.46. The van der Waals surface area contributed by atoms with E-state index in [1.54, 1.807) is 13.8 Å². The molecule has 0 saturated heterocycles. The number of alkyl halides is 1. The van der Waals surface area contributed by atoms with E-state index in [-0.39, 0.29) is 16.9 Å². The van der Waals surface area contributed by atoms with Crippen molar-refractivity contribution in [2.24, 2.45) is 5.41 Å². The van der Waals surface area contributed by atoms with Crippen LogP contribution in [0.3, 0.4) is 0 Å². The van der Waals surface area contributed by atoms with Gasteiger partial charge in [-0.2, -0.15) is 0 Å². The molecule has 0 radical (unpaired) electrons. The van der Waals surface area contributed by atoms with E-state index in [1.807, 2.05) is 13.8 Å². The van der Waals surface area contributed by atoms with Crippen molar-refractivity contribution in [3.63, 3.8) is 0 Å². The number of hydrogen-bond acceptors (Lipinski definition) is 2. The van der Waals surface area contributed by atoms with Crippen molar-refractivity contribution in [2.75, 3.05) is 12.4 Å². The minimum atomic E-state index is -3.66. The van der Waals surface area contributed by atoms with Crippen LogP contribution in [0.1, 0.15) is 25.0 Å². The summed E-state index contributed by atoms with van der Waals surface area (Å²) in [6.07, 6.45) is 0. The van der Waals surface area contributed by atoms with Crippen LogP contribution in [0, 0.1) is 25.1 Å². The lowest BCUT2D eigenvalue weighted by Crippen LogP contribution is -2.35. The molecule has 0 aliphatic rings. The van der Waals surface area contributed by atoms with Gasteiger partial charge in [0, 0.05) is 12.4 Å². The Balaban J connectivity index is 3.09. The molecule has 0 unspecified atom stereocenters. The molecule has 3 nitrogen and oxygen atoms in total. The quantitative estimate of drug-likeness (QED) is 0.850. The smallest absolute Gasteiger partial charge is 0.211 e. The first-order valence-electron chi connectivity index (χ1n) is 5.91. The third-order valence-electron chi connectivity index (χ3n) is 2.80. The summed E-state index contributed by atoms with van der Waals surface area (Å²) in [5.41, 5.74) is 0.457. The van der Waals surface area contributed by atoms with Crippen molar-refractivity contribution < 1.29 is 12.8 Å². The van der Waals surface area contributed by atoms with Gasteiger partial charge < -0.3 is 0 Å². The Hall–Kier alpha value is -0.650. The normalized spacial score (nSPS) is 12.7. The van der Waals surface area contributed by atoms with E-state index in [0.717, 1.165) is 0 Å². The molecule has 19 heavy (non-hydrogen) atoms. The van der Waals surface area contributed by atoms with Crippen LogP contribution in [-0.4, -0.2) is 20.8 Å². The Morgan fingerprint density at radius 2 is 1.74 bits per heavy atom. The van der Waals surface area contributed by atoms with Crippen molar-refractivity contribution >= 4 is 21.6 Å². The van der Waals surface area contributed by atoms with E-state index < -0.39 is 15.8 Å². The highest BCUT2D eigenvalue weighted by Crippen LogP contribution is 2.22. The van der Waals surface area contributed by atoms with E-state index in [9.17, 15) is 12.8 Å². The molecule has 0 bridgehead atoms. The van der Waals surface area contributed by atoms with Crippen LogP contribution in [-0.2, 0) is 10.0 Å². The Morgan fingerprint density at radius 3 is 2.16 bits per heavy atom. The van der Waals surface area contributed by atoms with Crippen LogP contribution in [0.4, 0.5) is 4.39 Å². The summed E-state index contributed by atoms with van der Waals surface area (Å²) in [7, 11) is -3.66. The summed E-state index contributed by atoms with van der Waals surface area (Å²) in [5.74, 6) is -0.0910. The van der Waals surface area contributed by atoms with Gasteiger partial charge in [0.25, 0.3) is 0 Å². The predicted octanol–water partition coefficient (Wildman–Crippen LogP) is 2.99. The molecule has 1 aromatic carbocycles. The average molecular weight is 308 g/mol. The Labute approximate surface area is 119 Å². The molecule has 0 heterocycles. The minimum Gasteiger partial charge on any atom is -0.211 e. The van der Waals surface area contributed by atoms with Gasteiger partial charge in [-0.25, -0.2) is 17.5 Å². The lowest BCUT2D eigenvalue weighted by atomic mass is 9.97. The zero-order chi connectivity index (χ0) is 14.8. The van der Waals surface area contributed by atoms with Crippen molar-refractivity contribution in [1.29, 1.82) is 0 Å². The molecular weight excluding hydrogens is 289 g/mol. The van der Waals surface area contributed by atoms with Gasteiger partial charge in [-0.1, -0.05) is 13.8 Å². The molecule has 0 fully saturated rings. The van der Waals surface area contributed by atoms with Gasteiger partial charge in [0.05, 0.1) is 4.90 Å². The van der Waals surface area contributed by atoms with Gasteiger partial charge in [-0.3, -0.25) is 0 Å². The van der Waals surface area contributed by atoms with E-state index in [0.29, 0.717) is 17.0 Å². The summed E-state index contributed by atoms with van der Waals surface area (Å²) < 4.78 is 40.3. The average Bonchev–Trinajstić information content (AvgIpc) is 2.25. The van der Waals surface area contributed by atoms with E-state index >= 15 is 0 Å². The summed E-state index contributed by atoms with van der Waals surface area (Å²) >= 11 is 5.77. The summed E-state index contributed by atoms with van der Waals surface area (Å²) in [6.45, 7) is 7.13. The fraction of sp³-hybridized carbons (Fsp3) is 0.538. The van der Waals surface area contributed by atoms with Crippen LogP contribution >= 0.6 is 11.6 Å². The van der Waals surface area contributed by atoms with Gasteiger partial charge in [0.1, 0.15) is 5.82 Å². The molecule has 1 N–H and O–H groups in total. The molecule has 1 aromatic rings. The topological polar surface area (TPSA) is 46.2 Å². The maximum Gasteiger partial charge on any atom is 0.241 e. The zero-order valence-corrected chi connectivity index (χ0v) is 13.1. The molecule has 0 saturated carbocycles. The second kappa shape index (κ2) is 5.77. The second-order valence-electron chi connectivity index (χ2n) is 5.49. The monoisotopic (exact) mass is 307 g/mol. The highest BCUT2D eigenvalue weighted by atomic mass is 35.5. The number of aryl methyl sites for hydroxylation is 2. The molecule has 108 valence electrons. The number of halogens is 2. The fourth-order valence-electron chi connectivity index (χ4n) is 1.73. The molecular formula is C13H19ClFNO2S. The maximum atomic E-state index is 13.2. The van der Waals surface area contributed by atoms with Crippen molar-refractivity contribution in [3.8, 4) is 0 Å². The van der Waals surface area contributed by atoms with Crippen LogP contribution in [0.5, 0.6) is 0 Å². The Morgan fingerprint density at radius 1 is 1.26 bits per heavy atom. The van der Waals surface area contributed by atoms with Gasteiger partial charge in [0.2, 0.25) is 10.0 Å². The first-order valence-corrected chi connectivity index (χ1v) is 7.93. The van der Waals surface area contributed by atoms with Gasteiger partial charge in [-0.05, 0) is 42.5 Å². The summed E-state index contributed by atoms with van der Waals surface area (Å²) in [5, 5.41) is 0. The highest BCUT2D eigenvalue weighted by molar-refractivity contribution is 7.89. The number of hydrogen-bond donors (Lipinski definition) is 1. The van der Waals surface area contributed by atoms with Crippen molar-refractivity contribution in [3.05, 3.63) is 29.1 Å².